The molecule has 0 bridgehead atoms. The van der Waals surface area contributed by atoms with Gasteiger partial charge in [0.2, 0.25) is 5.82 Å². The van der Waals surface area contributed by atoms with E-state index >= 15 is 0 Å². The third-order valence-corrected chi connectivity index (χ3v) is 3.37. The van der Waals surface area contributed by atoms with Crippen molar-refractivity contribution in [2.75, 3.05) is 0 Å². The van der Waals surface area contributed by atoms with Crippen molar-refractivity contribution in [3.63, 3.8) is 0 Å². The molecule has 100 valence electrons. The minimum atomic E-state index is -0.457. The first-order valence-electron chi connectivity index (χ1n) is 6.61. The van der Waals surface area contributed by atoms with Gasteiger partial charge in [-0.2, -0.15) is 0 Å². The number of amides is 1. The van der Waals surface area contributed by atoms with Crippen LogP contribution in [-0.4, -0.2) is 38.3 Å². The molecule has 6 heteroatoms. The molecule has 2 atom stereocenters. The number of aliphatic hydroxyl groups excluding tert-OH is 1. The molecule has 1 aliphatic carbocycles. The molecule has 2 unspecified atom stereocenters. The number of nitrogens with one attached hydrogen (secondary N) is 2. The van der Waals surface area contributed by atoms with Crippen molar-refractivity contribution in [1.29, 1.82) is 0 Å². The predicted octanol–water partition coefficient (Wildman–Crippen LogP) is 0.790. The number of aromatic nitrogens is 3. The van der Waals surface area contributed by atoms with Crippen LogP contribution in [-0.2, 0) is 6.42 Å². The van der Waals surface area contributed by atoms with E-state index in [1.54, 1.807) is 0 Å². The van der Waals surface area contributed by atoms with E-state index in [1.165, 1.54) is 0 Å². The zero-order valence-electron chi connectivity index (χ0n) is 10.6. The first-order chi connectivity index (χ1) is 8.70. The van der Waals surface area contributed by atoms with Crippen molar-refractivity contribution in [1.82, 2.24) is 20.5 Å². The molecule has 0 aromatic carbocycles. The second-order valence-corrected chi connectivity index (χ2v) is 4.74. The number of aliphatic hydroxyl groups is 1. The Morgan fingerprint density at radius 3 is 2.94 bits per heavy atom. The van der Waals surface area contributed by atoms with Crippen molar-refractivity contribution in [3.8, 4) is 0 Å². The summed E-state index contributed by atoms with van der Waals surface area (Å²) in [6.07, 6.45) is 5.00. The molecule has 3 N–H and O–H groups in total. The summed E-state index contributed by atoms with van der Waals surface area (Å²) in [5, 5.41) is 19.3. The standard InChI is InChI=1S/C12H20N4O2/c1-2-10-14-11(16-15-10)12(18)13-8-6-4-3-5-7-9(8)17/h8-9,17H,2-7H2,1H3,(H,13,18)(H,14,15,16). The highest BCUT2D eigenvalue weighted by molar-refractivity contribution is 5.90. The Morgan fingerprint density at radius 2 is 2.22 bits per heavy atom. The van der Waals surface area contributed by atoms with Crippen LogP contribution < -0.4 is 5.32 Å². The summed E-state index contributed by atoms with van der Waals surface area (Å²) in [7, 11) is 0. The molecule has 0 saturated heterocycles. The fraction of sp³-hybridized carbons (Fsp3) is 0.750. The number of aryl methyl sites for hydroxylation is 1. The second-order valence-electron chi connectivity index (χ2n) is 4.74. The molecule has 0 aliphatic heterocycles. The lowest BCUT2D eigenvalue weighted by molar-refractivity contribution is 0.0810. The maximum atomic E-state index is 11.9. The van der Waals surface area contributed by atoms with Gasteiger partial charge in [0.05, 0.1) is 12.1 Å². The number of aromatic amines is 1. The number of carbonyl (C=O) groups is 1. The first-order valence-corrected chi connectivity index (χ1v) is 6.61. The van der Waals surface area contributed by atoms with Crippen LogP contribution in [0.2, 0.25) is 0 Å². The molecule has 2 rings (SSSR count). The van der Waals surface area contributed by atoms with Gasteiger partial charge in [-0.25, -0.2) is 4.98 Å². The minimum Gasteiger partial charge on any atom is -0.391 e. The molecule has 0 radical (unpaired) electrons. The van der Waals surface area contributed by atoms with Crippen LogP contribution in [0.3, 0.4) is 0 Å². The zero-order chi connectivity index (χ0) is 13.0. The summed E-state index contributed by atoms with van der Waals surface area (Å²) < 4.78 is 0. The van der Waals surface area contributed by atoms with Crippen molar-refractivity contribution in [2.45, 2.75) is 57.6 Å². The van der Waals surface area contributed by atoms with Crippen LogP contribution in [0.5, 0.6) is 0 Å². The van der Waals surface area contributed by atoms with Crippen LogP contribution in [0.1, 0.15) is 55.5 Å². The Bertz CT molecular complexity index is 405. The minimum absolute atomic E-state index is 0.156. The van der Waals surface area contributed by atoms with Gasteiger partial charge in [0, 0.05) is 6.42 Å². The van der Waals surface area contributed by atoms with Gasteiger partial charge in [0.25, 0.3) is 5.91 Å². The molecule has 18 heavy (non-hydrogen) atoms. The van der Waals surface area contributed by atoms with Crippen LogP contribution in [0, 0.1) is 0 Å². The van der Waals surface area contributed by atoms with E-state index in [2.05, 4.69) is 20.5 Å². The third-order valence-electron chi connectivity index (χ3n) is 3.37. The monoisotopic (exact) mass is 252 g/mol. The summed E-state index contributed by atoms with van der Waals surface area (Å²) in [5.74, 6) is 0.543. The van der Waals surface area contributed by atoms with E-state index in [1.807, 2.05) is 6.92 Å². The van der Waals surface area contributed by atoms with Gasteiger partial charge < -0.3 is 10.4 Å². The number of nitrogens with zero attached hydrogens (tertiary/aromatic N) is 2. The molecule has 1 aromatic rings. The van der Waals surface area contributed by atoms with Gasteiger partial charge in [-0.3, -0.25) is 9.89 Å². The van der Waals surface area contributed by atoms with Crippen molar-refractivity contribution in [2.24, 2.45) is 0 Å². The molecule has 6 nitrogen and oxygen atoms in total. The molecule has 1 aromatic heterocycles. The molecule has 1 heterocycles. The van der Waals surface area contributed by atoms with Gasteiger partial charge in [-0.05, 0) is 12.8 Å². The Balaban J connectivity index is 1.97. The molecule has 1 aliphatic rings. The summed E-state index contributed by atoms with van der Waals surface area (Å²) in [5.41, 5.74) is 0. The Morgan fingerprint density at radius 1 is 1.44 bits per heavy atom. The Labute approximate surface area is 106 Å². The van der Waals surface area contributed by atoms with E-state index < -0.39 is 6.10 Å². The lowest BCUT2D eigenvalue weighted by atomic mass is 10.1. The summed E-state index contributed by atoms with van der Waals surface area (Å²) >= 11 is 0. The maximum Gasteiger partial charge on any atom is 0.291 e. The lowest BCUT2D eigenvalue weighted by Crippen LogP contribution is -2.43. The zero-order valence-corrected chi connectivity index (χ0v) is 10.6. The van der Waals surface area contributed by atoms with E-state index in [-0.39, 0.29) is 17.8 Å². The third kappa shape index (κ3) is 3.07. The molecular formula is C12H20N4O2. The average molecular weight is 252 g/mol. The number of hydrogen-bond donors (Lipinski definition) is 3. The number of rotatable bonds is 3. The Hall–Kier alpha value is -1.43. The van der Waals surface area contributed by atoms with Crippen molar-refractivity contribution in [3.05, 3.63) is 11.6 Å². The molecule has 1 fully saturated rings. The fourth-order valence-corrected chi connectivity index (χ4v) is 2.24. The van der Waals surface area contributed by atoms with Gasteiger partial charge in [0.1, 0.15) is 5.82 Å². The maximum absolute atomic E-state index is 11.9. The molecule has 1 saturated carbocycles. The topological polar surface area (TPSA) is 90.9 Å². The lowest BCUT2D eigenvalue weighted by Gasteiger charge is -2.20. The summed E-state index contributed by atoms with van der Waals surface area (Å²) in [4.78, 5) is 16.0. The molecule has 0 spiro atoms. The van der Waals surface area contributed by atoms with Crippen molar-refractivity contribution < 1.29 is 9.90 Å². The highest BCUT2D eigenvalue weighted by Crippen LogP contribution is 2.18. The Kier molecular flexibility index (Phi) is 4.30. The van der Waals surface area contributed by atoms with E-state index in [4.69, 9.17) is 0 Å². The summed E-state index contributed by atoms with van der Waals surface area (Å²) in [6, 6.07) is -0.177. The number of H-pyrrole nitrogens is 1. The first kappa shape index (κ1) is 13.0. The summed E-state index contributed by atoms with van der Waals surface area (Å²) in [6.45, 7) is 1.94. The smallest absolute Gasteiger partial charge is 0.291 e. The van der Waals surface area contributed by atoms with Gasteiger partial charge in [0.15, 0.2) is 0 Å². The highest BCUT2D eigenvalue weighted by atomic mass is 16.3. The van der Waals surface area contributed by atoms with E-state index in [0.29, 0.717) is 12.2 Å². The average Bonchev–Trinajstić information content (AvgIpc) is 2.77. The predicted molar refractivity (Wildman–Crippen MR) is 66.1 cm³/mol. The van der Waals surface area contributed by atoms with Crippen LogP contribution in [0.25, 0.3) is 0 Å². The molecule has 1 amide bonds. The van der Waals surface area contributed by atoms with Crippen LogP contribution in [0.4, 0.5) is 0 Å². The fourth-order valence-electron chi connectivity index (χ4n) is 2.24. The van der Waals surface area contributed by atoms with E-state index in [9.17, 15) is 9.90 Å². The van der Waals surface area contributed by atoms with Gasteiger partial charge >= 0.3 is 0 Å². The van der Waals surface area contributed by atoms with Crippen molar-refractivity contribution >= 4 is 5.91 Å². The molecular weight excluding hydrogens is 232 g/mol. The highest BCUT2D eigenvalue weighted by Gasteiger charge is 2.24. The SMILES string of the molecule is CCc1nc(C(=O)NC2CCCCCC2O)n[nH]1. The quantitative estimate of drug-likeness (QED) is 0.694. The number of carbonyl (C=O) groups excluding carboxylic acids is 1. The van der Waals surface area contributed by atoms with E-state index in [0.717, 1.165) is 32.1 Å². The number of hydrogen-bond acceptors (Lipinski definition) is 4. The van der Waals surface area contributed by atoms with Crippen LogP contribution in [0.15, 0.2) is 0 Å². The van der Waals surface area contributed by atoms with Gasteiger partial charge in [-0.15, -0.1) is 5.10 Å². The largest absolute Gasteiger partial charge is 0.391 e. The normalized spacial score (nSPS) is 24.6. The van der Waals surface area contributed by atoms with Gasteiger partial charge in [-0.1, -0.05) is 26.2 Å². The van der Waals surface area contributed by atoms with Crippen LogP contribution >= 0.6 is 0 Å². The second kappa shape index (κ2) is 5.95.